The van der Waals surface area contributed by atoms with Crippen molar-refractivity contribution in [3.05, 3.63) is 54.1 Å². The molecule has 0 fully saturated rings. The van der Waals surface area contributed by atoms with Gasteiger partial charge in [0.25, 0.3) is 0 Å². The van der Waals surface area contributed by atoms with E-state index in [1.165, 1.54) is 22.8 Å². The molecule has 4 nitrogen and oxygen atoms in total. The summed E-state index contributed by atoms with van der Waals surface area (Å²) < 4.78 is 40.4. The maximum absolute atomic E-state index is 13.0. The molecule has 3 aromatic rings. The first-order chi connectivity index (χ1) is 10.9. The minimum atomic E-state index is -4.52. The standard InChI is InChI=1S/C16H12F3N3O/c1-22-13-9-5-2-6-10(13)14(15(22)23)21-20-12-8-4-3-7-11(12)16(17,18)19/h2-9,23H,1H3. The summed E-state index contributed by atoms with van der Waals surface area (Å²) in [4.78, 5) is 0. The number of hydrogen-bond donors (Lipinski definition) is 1. The average molecular weight is 319 g/mol. The Labute approximate surface area is 129 Å². The Kier molecular flexibility index (Phi) is 3.55. The van der Waals surface area contributed by atoms with Crippen molar-refractivity contribution in [2.24, 2.45) is 17.3 Å². The summed E-state index contributed by atoms with van der Waals surface area (Å²) >= 11 is 0. The SMILES string of the molecule is Cn1c(O)c(N=Nc2ccccc2C(F)(F)F)c2ccccc21. The van der Waals surface area contributed by atoms with Crippen LogP contribution in [0.4, 0.5) is 24.5 Å². The van der Waals surface area contributed by atoms with Gasteiger partial charge in [-0.15, -0.1) is 10.2 Å². The molecule has 1 aromatic heterocycles. The van der Waals surface area contributed by atoms with E-state index < -0.39 is 11.7 Å². The molecule has 3 rings (SSSR count). The summed E-state index contributed by atoms with van der Waals surface area (Å²) in [6.45, 7) is 0. The van der Waals surface area contributed by atoms with Gasteiger partial charge >= 0.3 is 6.18 Å². The number of nitrogens with zero attached hydrogens (tertiary/aromatic N) is 3. The summed E-state index contributed by atoms with van der Waals surface area (Å²) in [5, 5.41) is 18.3. The zero-order chi connectivity index (χ0) is 16.6. The molecule has 0 bridgehead atoms. The van der Waals surface area contributed by atoms with Crippen LogP contribution < -0.4 is 0 Å². The average Bonchev–Trinajstić information content (AvgIpc) is 2.77. The van der Waals surface area contributed by atoms with E-state index in [1.54, 1.807) is 31.3 Å². The van der Waals surface area contributed by atoms with E-state index in [0.29, 0.717) is 10.9 Å². The lowest BCUT2D eigenvalue weighted by molar-refractivity contribution is -0.137. The van der Waals surface area contributed by atoms with Crippen LogP contribution in [-0.4, -0.2) is 9.67 Å². The van der Waals surface area contributed by atoms with Gasteiger partial charge in [-0.05, 0) is 18.2 Å². The molecule has 0 aliphatic rings. The van der Waals surface area contributed by atoms with Crippen molar-refractivity contribution in [1.82, 2.24) is 4.57 Å². The van der Waals surface area contributed by atoms with E-state index in [2.05, 4.69) is 10.2 Å². The van der Waals surface area contributed by atoms with E-state index in [1.807, 2.05) is 0 Å². The third kappa shape index (κ3) is 2.65. The number of alkyl halides is 3. The molecule has 0 unspecified atom stereocenters. The van der Waals surface area contributed by atoms with E-state index in [0.717, 1.165) is 6.07 Å². The molecule has 0 saturated heterocycles. The number of fused-ring (bicyclic) bond motifs is 1. The lowest BCUT2D eigenvalue weighted by Crippen LogP contribution is -2.04. The van der Waals surface area contributed by atoms with Crippen LogP contribution in [0.5, 0.6) is 5.88 Å². The highest BCUT2D eigenvalue weighted by Crippen LogP contribution is 2.40. The monoisotopic (exact) mass is 319 g/mol. The van der Waals surface area contributed by atoms with Gasteiger partial charge in [0.2, 0.25) is 5.88 Å². The topological polar surface area (TPSA) is 49.9 Å². The minimum absolute atomic E-state index is 0.139. The maximum atomic E-state index is 13.0. The Hall–Kier alpha value is -2.83. The zero-order valence-electron chi connectivity index (χ0n) is 12.0. The van der Waals surface area contributed by atoms with Crippen LogP contribution in [0.25, 0.3) is 10.9 Å². The number of aryl methyl sites for hydroxylation is 1. The van der Waals surface area contributed by atoms with Crippen molar-refractivity contribution in [2.75, 3.05) is 0 Å². The summed E-state index contributed by atoms with van der Waals surface area (Å²) in [6, 6.07) is 12.0. The highest BCUT2D eigenvalue weighted by molar-refractivity contribution is 5.94. The zero-order valence-corrected chi connectivity index (χ0v) is 12.0. The summed E-state index contributed by atoms with van der Waals surface area (Å²) in [7, 11) is 1.64. The lowest BCUT2D eigenvalue weighted by atomic mass is 10.2. The van der Waals surface area contributed by atoms with Gasteiger partial charge in [0, 0.05) is 12.4 Å². The van der Waals surface area contributed by atoms with Crippen LogP contribution in [0, 0.1) is 0 Å². The van der Waals surface area contributed by atoms with Gasteiger partial charge in [-0.1, -0.05) is 30.3 Å². The number of halogens is 3. The highest BCUT2D eigenvalue weighted by atomic mass is 19.4. The first kappa shape index (κ1) is 15.1. The predicted octanol–water partition coefficient (Wildman–Crippen LogP) is 5.32. The molecule has 23 heavy (non-hydrogen) atoms. The number of para-hydroxylation sites is 1. The first-order valence-electron chi connectivity index (χ1n) is 6.74. The normalized spacial score (nSPS) is 12.3. The molecular weight excluding hydrogens is 307 g/mol. The van der Waals surface area contributed by atoms with Crippen LogP contribution in [0.3, 0.4) is 0 Å². The Balaban J connectivity index is 2.11. The van der Waals surface area contributed by atoms with Gasteiger partial charge in [0.1, 0.15) is 0 Å². The fraction of sp³-hybridized carbons (Fsp3) is 0.125. The second kappa shape index (κ2) is 5.42. The van der Waals surface area contributed by atoms with Crippen LogP contribution in [-0.2, 0) is 13.2 Å². The van der Waals surface area contributed by atoms with Crippen molar-refractivity contribution in [3.8, 4) is 5.88 Å². The van der Waals surface area contributed by atoms with Gasteiger partial charge in [-0.25, -0.2) is 0 Å². The fourth-order valence-corrected chi connectivity index (χ4v) is 2.36. The Bertz CT molecular complexity index is 897. The Morgan fingerprint density at radius 2 is 1.61 bits per heavy atom. The van der Waals surface area contributed by atoms with E-state index in [9.17, 15) is 18.3 Å². The third-order valence-corrected chi connectivity index (χ3v) is 3.52. The third-order valence-electron chi connectivity index (χ3n) is 3.52. The van der Waals surface area contributed by atoms with Gasteiger partial charge in [0.15, 0.2) is 5.69 Å². The summed E-state index contributed by atoms with van der Waals surface area (Å²) in [5.41, 5.74) is -0.320. The van der Waals surface area contributed by atoms with Gasteiger partial charge < -0.3 is 9.67 Å². The van der Waals surface area contributed by atoms with E-state index in [4.69, 9.17) is 0 Å². The molecule has 0 aliphatic carbocycles. The molecule has 0 saturated carbocycles. The molecule has 1 heterocycles. The minimum Gasteiger partial charge on any atom is -0.493 e. The number of aromatic hydroxyl groups is 1. The van der Waals surface area contributed by atoms with Crippen LogP contribution in [0.2, 0.25) is 0 Å². The predicted molar refractivity (Wildman–Crippen MR) is 80.2 cm³/mol. The molecule has 2 aromatic carbocycles. The molecule has 0 radical (unpaired) electrons. The maximum Gasteiger partial charge on any atom is 0.418 e. The number of azo groups is 1. The smallest absolute Gasteiger partial charge is 0.418 e. The van der Waals surface area contributed by atoms with Gasteiger partial charge in [0.05, 0.1) is 16.8 Å². The fourth-order valence-electron chi connectivity index (χ4n) is 2.36. The van der Waals surface area contributed by atoms with Crippen molar-refractivity contribution in [2.45, 2.75) is 6.18 Å². The quantitative estimate of drug-likeness (QED) is 0.639. The lowest BCUT2D eigenvalue weighted by Gasteiger charge is -2.08. The molecule has 7 heteroatoms. The second-order valence-corrected chi connectivity index (χ2v) is 4.96. The highest BCUT2D eigenvalue weighted by Gasteiger charge is 2.33. The number of aromatic nitrogens is 1. The molecule has 1 N–H and O–H groups in total. The number of rotatable bonds is 2. The van der Waals surface area contributed by atoms with Crippen LogP contribution in [0.1, 0.15) is 5.56 Å². The van der Waals surface area contributed by atoms with Crippen LogP contribution >= 0.6 is 0 Å². The second-order valence-electron chi connectivity index (χ2n) is 4.96. The van der Waals surface area contributed by atoms with Crippen molar-refractivity contribution in [1.29, 1.82) is 0 Å². The first-order valence-corrected chi connectivity index (χ1v) is 6.74. The molecule has 0 amide bonds. The van der Waals surface area contributed by atoms with E-state index in [-0.39, 0.29) is 17.3 Å². The Morgan fingerprint density at radius 3 is 2.35 bits per heavy atom. The number of benzene rings is 2. The van der Waals surface area contributed by atoms with E-state index >= 15 is 0 Å². The molecule has 0 spiro atoms. The van der Waals surface area contributed by atoms with Crippen molar-refractivity contribution in [3.63, 3.8) is 0 Å². The van der Waals surface area contributed by atoms with Gasteiger partial charge in [-0.3, -0.25) is 0 Å². The molecular formula is C16H12F3N3O. The van der Waals surface area contributed by atoms with Gasteiger partial charge in [-0.2, -0.15) is 13.2 Å². The summed E-state index contributed by atoms with van der Waals surface area (Å²) in [5.74, 6) is -0.153. The van der Waals surface area contributed by atoms with Crippen molar-refractivity contribution < 1.29 is 18.3 Å². The number of hydrogen-bond acceptors (Lipinski definition) is 3. The summed E-state index contributed by atoms with van der Waals surface area (Å²) in [6.07, 6.45) is -4.52. The molecule has 0 atom stereocenters. The Morgan fingerprint density at radius 1 is 0.957 bits per heavy atom. The largest absolute Gasteiger partial charge is 0.493 e. The van der Waals surface area contributed by atoms with Crippen LogP contribution in [0.15, 0.2) is 58.8 Å². The molecule has 0 aliphatic heterocycles. The van der Waals surface area contributed by atoms with Crippen molar-refractivity contribution >= 4 is 22.3 Å². The molecule has 118 valence electrons.